The van der Waals surface area contributed by atoms with E-state index in [9.17, 15) is 10.1 Å². The van der Waals surface area contributed by atoms with E-state index in [0.717, 1.165) is 19.4 Å². The van der Waals surface area contributed by atoms with Crippen molar-refractivity contribution in [1.29, 1.82) is 0 Å². The maximum atomic E-state index is 10.9. The summed E-state index contributed by atoms with van der Waals surface area (Å²) in [7, 11) is 1.72. The van der Waals surface area contributed by atoms with Crippen molar-refractivity contribution in [2.75, 3.05) is 11.9 Å². The minimum absolute atomic E-state index is 0.0861. The number of anilines is 1. The van der Waals surface area contributed by atoms with Crippen LogP contribution in [0.15, 0.2) is 0 Å². The van der Waals surface area contributed by atoms with E-state index in [-0.39, 0.29) is 10.6 Å². The summed E-state index contributed by atoms with van der Waals surface area (Å²) in [6.07, 6.45) is 4.56. The first-order valence-corrected chi connectivity index (χ1v) is 5.99. The lowest BCUT2D eigenvalue weighted by atomic mass is 10.2. The van der Waals surface area contributed by atoms with Crippen molar-refractivity contribution in [1.82, 2.24) is 9.78 Å². The molecule has 0 bridgehead atoms. The van der Waals surface area contributed by atoms with Crippen molar-refractivity contribution >= 4 is 11.5 Å². The van der Waals surface area contributed by atoms with Crippen molar-refractivity contribution < 1.29 is 4.92 Å². The van der Waals surface area contributed by atoms with Gasteiger partial charge in [0.1, 0.15) is 5.69 Å². The molecule has 17 heavy (non-hydrogen) atoms. The molecule has 1 aromatic heterocycles. The zero-order chi connectivity index (χ0) is 12.8. The third-order valence-electron chi connectivity index (χ3n) is 2.70. The number of nitrogens with zero attached hydrogens (tertiary/aromatic N) is 3. The SMILES string of the molecule is CCCCCCNc1c([N+](=O)[O-])c(C)nn1C. The number of aromatic nitrogens is 2. The lowest BCUT2D eigenvalue weighted by Gasteiger charge is -2.05. The van der Waals surface area contributed by atoms with Crippen molar-refractivity contribution in [3.8, 4) is 0 Å². The van der Waals surface area contributed by atoms with E-state index in [2.05, 4.69) is 17.3 Å². The van der Waals surface area contributed by atoms with E-state index >= 15 is 0 Å². The maximum Gasteiger partial charge on any atom is 0.333 e. The highest BCUT2D eigenvalue weighted by Crippen LogP contribution is 2.27. The van der Waals surface area contributed by atoms with Crippen LogP contribution < -0.4 is 5.32 Å². The fourth-order valence-corrected chi connectivity index (χ4v) is 1.82. The maximum absolute atomic E-state index is 10.9. The van der Waals surface area contributed by atoms with E-state index in [4.69, 9.17) is 0 Å². The molecule has 0 aromatic carbocycles. The van der Waals surface area contributed by atoms with Crippen molar-refractivity contribution in [2.45, 2.75) is 39.5 Å². The second-order valence-corrected chi connectivity index (χ2v) is 4.15. The molecule has 0 atom stereocenters. The Labute approximate surface area is 101 Å². The first kappa shape index (κ1) is 13.5. The summed E-state index contributed by atoms with van der Waals surface area (Å²) in [4.78, 5) is 10.5. The number of aryl methyl sites for hydroxylation is 2. The molecule has 0 aliphatic carbocycles. The number of hydrogen-bond acceptors (Lipinski definition) is 4. The lowest BCUT2D eigenvalue weighted by molar-refractivity contribution is -0.384. The average molecular weight is 240 g/mol. The second kappa shape index (κ2) is 6.22. The molecule has 6 heteroatoms. The standard InChI is InChI=1S/C11H20N4O2/c1-4-5-6-7-8-12-11-10(15(16)17)9(2)13-14(11)3/h12H,4-8H2,1-3H3. The molecule has 0 fully saturated rings. The van der Waals surface area contributed by atoms with E-state index in [1.807, 2.05) is 0 Å². The van der Waals surface area contributed by atoms with Crippen molar-refractivity contribution in [2.24, 2.45) is 7.05 Å². The fraction of sp³-hybridized carbons (Fsp3) is 0.727. The Kier molecular flexibility index (Phi) is 4.93. The van der Waals surface area contributed by atoms with Crippen LogP contribution in [0.2, 0.25) is 0 Å². The molecule has 0 saturated carbocycles. The van der Waals surface area contributed by atoms with Gasteiger partial charge in [0.25, 0.3) is 0 Å². The summed E-state index contributed by atoms with van der Waals surface area (Å²) in [6, 6.07) is 0. The van der Waals surface area contributed by atoms with Gasteiger partial charge < -0.3 is 5.32 Å². The third kappa shape index (κ3) is 3.44. The molecular formula is C11H20N4O2. The highest BCUT2D eigenvalue weighted by molar-refractivity contribution is 5.59. The fourth-order valence-electron chi connectivity index (χ4n) is 1.82. The Morgan fingerprint density at radius 2 is 2.12 bits per heavy atom. The van der Waals surface area contributed by atoms with Gasteiger partial charge in [-0.3, -0.25) is 10.1 Å². The molecule has 0 radical (unpaired) electrons. The Morgan fingerprint density at radius 1 is 1.41 bits per heavy atom. The molecule has 0 spiro atoms. The Bertz CT molecular complexity index is 387. The molecule has 1 rings (SSSR count). The molecule has 6 nitrogen and oxygen atoms in total. The van der Waals surface area contributed by atoms with Gasteiger partial charge in [-0.05, 0) is 13.3 Å². The number of rotatable bonds is 7. The minimum Gasteiger partial charge on any atom is -0.365 e. The van der Waals surface area contributed by atoms with E-state index in [1.165, 1.54) is 17.5 Å². The largest absolute Gasteiger partial charge is 0.365 e. The highest BCUT2D eigenvalue weighted by Gasteiger charge is 2.23. The Balaban J connectivity index is 2.61. The van der Waals surface area contributed by atoms with Gasteiger partial charge in [-0.2, -0.15) is 5.10 Å². The number of nitro groups is 1. The monoisotopic (exact) mass is 240 g/mol. The molecule has 0 amide bonds. The van der Waals surface area contributed by atoms with Crippen LogP contribution in [-0.4, -0.2) is 21.2 Å². The highest BCUT2D eigenvalue weighted by atomic mass is 16.6. The van der Waals surface area contributed by atoms with Gasteiger partial charge in [0.05, 0.1) is 4.92 Å². The van der Waals surface area contributed by atoms with E-state index in [0.29, 0.717) is 11.5 Å². The summed E-state index contributed by atoms with van der Waals surface area (Å²) in [6.45, 7) is 4.56. The number of nitrogens with one attached hydrogen (secondary N) is 1. The van der Waals surface area contributed by atoms with Gasteiger partial charge in [0.15, 0.2) is 0 Å². The summed E-state index contributed by atoms with van der Waals surface area (Å²) < 4.78 is 1.54. The Hall–Kier alpha value is -1.59. The summed E-state index contributed by atoms with van der Waals surface area (Å²) in [5.41, 5.74) is 0.538. The zero-order valence-corrected chi connectivity index (χ0v) is 10.7. The van der Waals surface area contributed by atoms with E-state index in [1.54, 1.807) is 14.0 Å². The predicted molar refractivity (Wildman–Crippen MR) is 67.2 cm³/mol. The van der Waals surface area contributed by atoms with Crippen LogP contribution in [0.1, 0.15) is 38.3 Å². The van der Waals surface area contributed by atoms with Crippen molar-refractivity contribution in [3.05, 3.63) is 15.8 Å². The number of unbranched alkanes of at least 4 members (excludes halogenated alkanes) is 3. The van der Waals surface area contributed by atoms with Gasteiger partial charge in [-0.15, -0.1) is 0 Å². The van der Waals surface area contributed by atoms with Crippen LogP contribution in [0.25, 0.3) is 0 Å². The minimum atomic E-state index is -0.378. The average Bonchev–Trinajstić information content (AvgIpc) is 2.53. The van der Waals surface area contributed by atoms with Crippen LogP contribution >= 0.6 is 0 Å². The molecule has 0 aliphatic heterocycles. The number of hydrogen-bond donors (Lipinski definition) is 1. The second-order valence-electron chi connectivity index (χ2n) is 4.15. The normalized spacial score (nSPS) is 10.5. The molecule has 0 aliphatic rings. The molecule has 0 unspecified atom stereocenters. The first-order valence-electron chi connectivity index (χ1n) is 5.99. The van der Waals surface area contributed by atoms with Gasteiger partial charge >= 0.3 is 5.69 Å². The van der Waals surface area contributed by atoms with Crippen LogP contribution in [0.3, 0.4) is 0 Å². The quantitative estimate of drug-likeness (QED) is 0.451. The molecular weight excluding hydrogens is 220 g/mol. The summed E-state index contributed by atoms with van der Waals surface area (Å²) in [5, 5.41) is 18.1. The summed E-state index contributed by atoms with van der Waals surface area (Å²) >= 11 is 0. The van der Waals surface area contributed by atoms with Gasteiger partial charge in [-0.25, -0.2) is 4.68 Å². The molecule has 1 aromatic rings. The van der Waals surface area contributed by atoms with Crippen LogP contribution in [0, 0.1) is 17.0 Å². The third-order valence-corrected chi connectivity index (χ3v) is 2.70. The van der Waals surface area contributed by atoms with Crippen molar-refractivity contribution in [3.63, 3.8) is 0 Å². The van der Waals surface area contributed by atoms with Gasteiger partial charge in [-0.1, -0.05) is 26.2 Å². The smallest absolute Gasteiger partial charge is 0.333 e. The first-order chi connectivity index (χ1) is 8.07. The van der Waals surface area contributed by atoms with Crippen LogP contribution in [0.5, 0.6) is 0 Å². The Morgan fingerprint density at radius 3 is 2.71 bits per heavy atom. The topological polar surface area (TPSA) is 73.0 Å². The molecule has 1 heterocycles. The van der Waals surface area contributed by atoms with Gasteiger partial charge in [0.2, 0.25) is 5.82 Å². The molecule has 1 N–H and O–H groups in total. The van der Waals surface area contributed by atoms with Gasteiger partial charge in [0, 0.05) is 13.6 Å². The predicted octanol–water partition coefficient (Wildman–Crippen LogP) is 2.63. The molecule has 96 valence electrons. The van der Waals surface area contributed by atoms with Crippen LogP contribution in [-0.2, 0) is 7.05 Å². The lowest BCUT2D eigenvalue weighted by Crippen LogP contribution is -2.07. The summed E-state index contributed by atoms with van der Waals surface area (Å²) in [5.74, 6) is 0.504. The van der Waals surface area contributed by atoms with Crippen LogP contribution in [0.4, 0.5) is 11.5 Å². The zero-order valence-electron chi connectivity index (χ0n) is 10.7. The van der Waals surface area contributed by atoms with E-state index < -0.39 is 0 Å². The molecule has 0 saturated heterocycles.